The van der Waals surface area contributed by atoms with Gasteiger partial charge in [0, 0.05) is 25.0 Å². The second-order valence-corrected chi connectivity index (χ2v) is 6.65. The molecule has 0 aromatic heterocycles. The molecule has 0 saturated carbocycles. The first kappa shape index (κ1) is 20.5. The molecular weight excluding hydrogens is 326 g/mol. The molecule has 0 bridgehead atoms. The average molecular weight is 354 g/mol. The standard InChI is InChI=1S/C18H27N3O2.ClH/c1-12(2)18(23)21-10-8-15(9-11-21)20-17(22)16(19)14-6-4-13(3)5-7-14;/h4-7,12,15-16H,8-11,19H2,1-3H3,(H,20,22);1H. The van der Waals surface area contributed by atoms with Gasteiger partial charge in [-0.2, -0.15) is 0 Å². The van der Waals surface area contributed by atoms with Crippen molar-refractivity contribution in [1.82, 2.24) is 10.2 Å². The largest absolute Gasteiger partial charge is 0.352 e. The maximum atomic E-state index is 12.3. The highest BCUT2D eigenvalue weighted by molar-refractivity contribution is 5.85. The van der Waals surface area contributed by atoms with Crippen LogP contribution in [-0.2, 0) is 9.59 Å². The molecule has 5 nitrogen and oxygen atoms in total. The first-order chi connectivity index (χ1) is 10.9. The van der Waals surface area contributed by atoms with Crippen molar-refractivity contribution in [1.29, 1.82) is 0 Å². The van der Waals surface area contributed by atoms with E-state index in [0.29, 0.717) is 13.1 Å². The molecule has 3 N–H and O–H groups in total. The molecule has 1 saturated heterocycles. The third-order valence-corrected chi connectivity index (χ3v) is 4.37. The normalized spacial score (nSPS) is 16.5. The van der Waals surface area contributed by atoms with E-state index in [9.17, 15) is 9.59 Å². The Labute approximate surface area is 150 Å². The monoisotopic (exact) mass is 353 g/mol. The van der Waals surface area contributed by atoms with Gasteiger partial charge in [0.05, 0.1) is 0 Å². The minimum absolute atomic E-state index is 0. The van der Waals surface area contributed by atoms with Crippen LogP contribution >= 0.6 is 12.4 Å². The van der Waals surface area contributed by atoms with Gasteiger partial charge in [0.1, 0.15) is 6.04 Å². The summed E-state index contributed by atoms with van der Waals surface area (Å²) < 4.78 is 0. The summed E-state index contributed by atoms with van der Waals surface area (Å²) in [6.45, 7) is 7.22. The van der Waals surface area contributed by atoms with Gasteiger partial charge in [-0.15, -0.1) is 12.4 Å². The van der Waals surface area contributed by atoms with Crippen LogP contribution in [0.3, 0.4) is 0 Å². The van der Waals surface area contributed by atoms with Crippen LogP contribution in [0.1, 0.15) is 43.9 Å². The van der Waals surface area contributed by atoms with Crippen LogP contribution in [0.2, 0.25) is 0 Å². The molecule has 1 unspecified atom stereocenters. The summed E-state index contributed by atoms with van der Waals surface area (Å²) >= 11 is 0. The number of amides is 2. The van der Waals surface area contributed by atoms with Crippen LogP contribution in [0.5, 0.6) is 0 Å². The Hall–Kier alpha value is -1.59. The highest BCUT2D eigenvalue weighted by Gasteiger charge is 2.26. The van der Waals surface area contributed by atoms with Gasteiger partial charge in [0.2, 0.25) is 11.8 Å². The zero-order valence-electron chi connectivity index (χ0n) is 14.6. The van der Waals surface area contributed by atoms with E-state index < -0.39 is 6.04 Å². The fourth-order valence-electron chi connectivity index (χ4n) is 2.83. The van der Waals surface area contributed by atoms with Gasteiger partial charge in [-0.05, 0) is 25.3 Å². The lowest BCUT2D eigenvalue weighted by molar-refractivity contribution is -0.135. The van der Waals surface area contributed by atoms with Gasteiger partial charge in [-0.25, -0.2) is 0 Å². The number of aryl methyl sites for hydroxylation is 1. The molecular formula is C18H28ClN3O2. The van der Waals surface area contributed by atoms with Crippen molar-refractivity contribution in [3.63, 3.8) is 0 Å². The lowest BCUT2D eigenvalue weighted by Crippen LogP contribution is -2.49. The van der Waals surface area contributed by atoms with E-state index in [1.54, 1.807) is 0 Å². The fraction of sp³-hybridized carbons (Fsp3) is 0.556. The molecule has 2 rings (SSSR count). The fourth-order valence-corrected chi connectivity index (χ4v) is 2.83. The predicted octanol–water partition coefficient (Wildman–Crippen LogP) is 2.18. The van der Waals surface area contributed by atoms with Crippen LogP contribution in [0, 0.1) is 12.8 Å². The summed E-state index contributed by atoms with van der Waals surface area (Å²) in [6.07, 6.45) is 1.57. The Balaban J connectivity index is 0.00000288. The first-order valence-corrected chi connectivity index (χ1v) is 8.29. The van der Waals surface area contributed by atoms with E-state index in [0.717, 1.165) is 24.0 Å². The van der Waals surface area contributed by atoms with Gasteiger partial charge in [-0.1, -0.05) is 43.7 Å². The summed E-state index contributed by atoms with van der Waals surface area (Å²) in [5.41, 5.74) is 8.01. The SMILES string of the molecule is Cc1ccc(C(N)C(=O)NC2CCN(C(=O)C(C)C)CC2)cc1.Cl. The number of rotatable bonds is 4. The van der Waals surface area contributed by atoms with Crippen molar-refractivity contribution < 1.29 is 9.59 Å². The Kier molecular flexibility index (Phi) is 7.70. The van der Waals surface area contributed by atoms with E-state index in [4.69, 9.17) is 5.73 Å². The van der Waals surface area contributed by atoms with E-state index in [1.165, 1.54) is 0 Å². The lowest BCUT2D eigenvalue weighted by Gasteiger charge is -2.33. The van der Waals surface area contributed by atoms with E-state index in [2.05, 4.69) is 5.32 Å². The van der Waals surface area contributed by atoms with Crippen LogP contribution in [0.25, 0.3) is 0 Å². The molecule has 1 aromatic carbocycles. The number of carbonyl (C=O) groups is 2. The second-order valence-electron chi connectivity index (χ2n) is 6.65. The number of likely N-dealkylation sites (tertiary alicyclic amines) is 1. The van der Waals surface area contributed by atoms with Gasteiger partial charge in [0.15, 0.2) is 0 Å². The number of carbonyl (C=O) groups excluding carboxylic acids is 2. The highest BCUT2D eigenvalue weighted by Crippen LogP contribution is 2.16. The minimum atomic E-state index is -0.647. The molecule has 0 spiro atoms. The third-order valence-electron chi connectivity index (χ3n) is 4.37. The molecule has 1 fully saturated rings. The average Bonchev–Trinajstić information content (AvgIpc) is 2.54. The molecule has 24 heavy (non-hydrogen) atoms. The third kappa shape index (κ3) is 5.21. The lowest BCUT2D eigenvalue weighted by atomic mass is 10.0. The van der Waals surface area contributed by atoms with E-state index >= 15 is 0 Å². The van der Waals surface area contributed by atoms with Crippen molar-refractivity contribution >= 4 is 24.2 Å². The zero-order valence-corrected chi connectivity index (χ0v) is 15.4. The molecule has 1 aliphatic rings. The number of nitrogens with zero attached hydrogens (tertiary/aromatic N) is 1. The van der Waals surface area contributed by atoms with Crippen LogP contribution < -0.4 is 11.1 Å². The summed E-state index contributed by atoms with van der Waals surface area (Å²) in [7, 11) is 0. The Bertz CT molecular complexity index is 552. The summed E-state index contributed by atoms with van der Waals surface area (Å²) in [5.74, 6) is 0.0599. The van der Waals surface area contributed by atoms with Crippen molar-refractivity contribution in [2.45, 2.75) is 45.7 Å². The number of piperidine rings is 1. The minimum Gasteiger partial charge on any atom is -0.352 e. The van der Waals surface area contributed by atoms with Crippen LogP contribution in [-0.4, -0.2) is 35.8 Å². The molecule has 1 aliphatic heterocycles. The molecule has 1 heterocycles. The maximum Gasteiger partial charge on any atom is 0.241 e. The predicted molar refractivity (Wildman–Crippen MR) is 97.9 cm³/mol. The van der Waals surface area contributed by atoms with E-state index in [-0.39, 0.29) is 36.2 Å². The number of hydrogen-bond donors (Lipinski definition) is 2. The Morgan fingerprint density at radius 2 is 1.71 bits per heavy atom. The zero-order chi connectivity index (χ0) is 17.0. The first-order valence-electron chi connectivity index (χ1n) is 8.29. The summed E-state index contributed by atoms with van der Waals surface area (Å²) in [6, 6.07) is 7.14. The van der Waals surface area contributed by atoms with Crippen molar-refractivity contribution in [2.24, 2.45) is 11.7 Å². The van der Waals surface area contributed by atoms with Gasteiger partial charge in [0.25, 0.3) is 0 Å². The van der Waals surface area contributed by atoms with Gasteiger partial charge in [-0.3, -0.25) is 9.59 Å². The van der Waals surface area contributed by atoms with E-state index in [1.807, 2.05) is 49.9 Å². The smallest absolute Gasteiger partial charge is 0.241 e. The molecule has 6 heteroatoms. The Morgan fingerprint density at radius 1 is 1.17 bits per heavy atom. The summed E-state index contributed by atoms with van der Waals surface area (Å²) in [4.78, 5) is 26.2. The topological polar surface area (TPSA) is 75.4 Å². The second kappa shape index (κ2) is 9.04. The Morgan fingerprint density at radius 3 is 2.21 bits per heavy atom. The van der Waals surface area contributed by atoms with Gasteiger partial charge >= 0.3 is 0 Å². The number of halogens is 1. The molecule has 1 aromatic rings. The van der Waals surface area contributed by atoms with Crippen molar-refractivity contribution in [3.8, 4) is 0 Å². The highest BCUT2D eigenvalue weighted by atomic mass is 35.5. The van der Waals surface area contributed by atoms with Crippen molar-refractivity contribution in [2.75, 3.05) is 13.1 Å². The molecule has 0 aliphatic carbocycles. The summed E-state index contributed by atoms with van der Waals surface area (Å²) in [5, 5.41) is 3.02. The molecule has 0 radical (unpaired) electrons. The molecule has 1 atom stereocenters. The number of nitrogens with one attached hydrogen (secondary N) is 1. The number of hydrogen-bond acceptors (Lipinski definition) is 3. The van der Waals surface area contributed by atoms with Crippen molar-refractivity contribution in [3.05, 3.63) is 35.4 Å². The van der Waals surface area contributed by atoms with Gasteiger partial charge < -0.3 is 16.0 Å². The quantitative estimate of drug-likeness (QED) is 0.871. The molecule has 134 valence electrons. The number of nitrogens with two attached hydrogens (primary N) is 1. The maximum absolute atomic E-state index is 12.3. The number of benzene rings is 1. The molecule has 2 amide bonds. The van der Waals surface area contributed by atoms with Crippen LogP contribution in [0.4, 0.5) is 0 Å². The van der Waals surface area contributed by atoms with Crippen LogP contribution in [0.15, 0.2) is 24.3 Å².